The minimum Gasteiger partial charge on any atom is -0.335 e. The van der Waals surface area contributed by atoms with Crippen LogP contribution >= 0.6 is 0 Å². The van der Waals surface area contributed by atoms with Crippen molar-refractivity contribution in [2.24, 2.45) is 0 Å². The van der Waals surface area contributed by atoms with Crippen LogP contribution in [0, 0.1) is 11.6 Å². The van der Waals surface area contributed by atoms with E-state index < -0.39 is 11.6 Å². The molecule has 0 aliphatic heterocycles. The lowest BCUT2D eigenvalue weighted by atomic mass is 10.2. The molecule has 0 unspecified atom stereocenters. The van der Waals surface area contributed by atoms with Crippen LogP contribution in [0.5, 0.6) is 0 Å². The smallest absolute Gasteiger partial charge is 0.224 e. The molecule has 144 valence electrons. The number of aryl methyl sites for hydroxylation is 1. The lowest BCUT2D eigenvalue weighted by Gasteiger charge is -2.23. The van der Waals surface area contributed by atoms with Crippen molar-refractivity contribution < 1.29 is 13.6 Å². The van der Waals surface area contributed by atoms with Gasteiger partial charge in [0.15, 0.2) is 0 Å². The number of nitrogens with zero attached hydrogens (tertiary/aromatic N) is 3. The summed E-state index contributed by atoms with van der Waals surface area (Å²) in [6.07, 6.45) is 3.19. The van der Waals surface area contributed by atoms with E-state index in [9.17, 15) is 18.4 Å². The first kappa shape index (κ1) is 18.3. The van der Waals surface area contributed by atoms with Gasteiger partial charge in [0.05, 0.1) is 18.3 Å². The molecule has 1 amide bonds. The fourth-order valence-corrected chi connectivity index (χ4v) is 3.32. The van der Waals surface area contributed by atoms with Crippen molar-refractivity contribution in [1.82, 2.24) is 14.7 Å². The Hall–Kier alpha value is -3.09. The number of hydrogen-bond acceptors (Lipinski definition) is 3. The van der Waals surface area contributed by atoms with Gasteiger partial charge >= 0.3 is 0 Å². The third kappa shape index (κ3) is 3.78. The highest BCUT2D eigenvalue weighted by atomic mass is 19.1. The van der Waals surface area contributed by atoms with Crippen molar-refractivity contribution in [3.63, 3.8) is 0 Å². The Morgan fingerprint density at radius 2 is 1.96 bits per heavy atom. The lowest BCUT2D eigenvalue weighted by molar-refractivity contribution is -0.132. The van der Waals surface area contributed by atoms with Crippen LogP contribution in [0.2, 0.25) is 0 Å². The van der Waals surface area contributed by atoms with Gasteiger partial charge in [0.25, 0.3) is 0 Å². The van der Waals surface area contributed by atoms with E-state index in [1.807, 2.05) is 6.07 Å². The minimum absolute atomic E-state index is 0.0932. The molecule has 4 rings (SSSR count). The van der Waals surface area contributed by atoms with Crippen molar-refractivity contribution in [2.75, 3.05) is 0 Å². The number of aromatic nitrogens is 2. The summed E-state index contributed by atoms with van der Waals surface area (Å²) in [5.41, 5.74) is 0.809. The van der Waals surface area contributed by atoms with E-state index in [1.54, 1.807) is 27.8 Å². The monoisotopic (exact) mass is 383 g/mol. The summed E-state index contributed by atoms with van der Waals surface area (Å²) < 4.78 is 28.8. The van der Waals surface area contributed by atoms with Crippen molar-refractivity contribution in [1.29, 1.82) is 0 Å². The highest BCUT2D eigenvalue weighted by Crippen LogP contribution is 2.29. The van der Waals surface area contributed by atoms with Gasteiger partial charge in [-0.2, -0.15) is 5.10 Å². The van der Waals surface area contributed by atoms with Gasteiger partial charge in [0, 0.05) is 36.0 Å². The quantitative estimate of drug-likeness (QED) is 0.657. The summed E-state index contributed by atoms with van der Waals surface area (Å²) in [6.45, 7) is 0.433. The Morgan fingerprint density at radius 3 is 2.71 bits per heavy atom. The molecule has 0 N–H and O–H groups in total. The number of para-hydroxylation sites is 1. The van der Waals surface area contributed by atoms with Crippen molar-refractivity contribution in [3.05, 3.63) is 76.1 Å². The normalized spacial score (nSPS) is 13.6. The van der Waals surface area contributed by atoms with Crippen LogP contribution in [-0.2, 0) is 17.9 Å². The molecule has 1 aliphatic carbocycles. The zero-order valence-electron chi connectivity index (χ0n) is 15.1. The number of fused-ring (bicyclic) bond motifs is 1. The second kappa shape index (κ2) is 7.50. The van der Waals surface area contributed by atoms with Crippen molar-refractivity contribution in [2.45, 2.75) is 38.4 Å². The van der Waals surface area contributed by atoms with Crippen LogP contribution in [0.4, 0.5) is 8.78 Å². The molecule has 28 heavy (non-hydrogen) atoms. The molecule has 5 nitrogen and oxygen atoms in total. The predicted molar refractivity (Wildman–Crippen MR) is 101 cm³/mol. The maximum Gasteiger partial charge on any atom is 0.224 e. The van der Waals surface area contributed by atoms with Crippen LogP contribution in [0.25, 0.3) is 10.9 Å². The molecular formula is C21H19F2N3O2. The zero-order chi connectivity index (χ0) is 19.7. The van der Waals surface area contributed by atoms with E-state index in [4.69, 9.17) is 0 Å². The van der Waals surface area contributed by atoms with E-state index in [0.29, 0.717) is 23.0 Å². The zero-order valence-corrected chi connectivity index (χ0v) is 15.1. The van der Waals surface area contributed by atoms with Crippen LogP contribution in [0.1, 0.15) is 24.8 Å². The Balaban J connectivity index is 1.50. The number of amides is 1. The molecular weight excluding hydrogens is 364 g/mol. The first-order valence-corrected chi connectivity index (χ1v) is 9.21. The van der Waals surface area contributed by atoms with Crippen LogP contribution < -0.4 is 5.43 Å². The molecule has 0 spiro atoms. The molecule has 0 radical (unpaired) electrons. The molecule has 1 aliphatic rings. The Labute approximate surface area is 160 Å². The molecule has 7 heteroatoms. The molecule has 1 aromatic heterocycles. The van der Waals surface area contributed by atoms with Gasteiger partial charge in [-0.3, -0.25) is 14.3 Å². The predicted octanol–water partition coefficient (Wildman–Crippen LogP) is 3.26. The average Bonchev–Trinajstić information content (AvgIpc) is 3.52. The summed E-state index contributed by atoms with van der Waals surface area (Å²) in [6, 6.07) is 10.6. The number of hydrogen-bond donors (Lipinski definition) is 0. The van der Waals surface area contributed by atoms with Crippen LogP contribution in [0.15, 0.2) is 53.5 Å². The molecule has 1 fully saturated rings. The molecule has 3 aromatic rings. The lowest BCUT2D eigenvalue weighted by Crippen LogP contribution is -2.33. The summed E-state index contributed by atoms with van der Waals surface area (Å²) in [5, 5.41) is 4.69. The minimum atomic E-state index is -0.647. The van der Waals surface area contributed by atoms with E-state index in [1.165, 1.54) is 18.3 Å². The molecule has 0 bridgehead atoms. The molecule has 1 saturated carbocycles. The Kier molecular flexibility index (Phi) is 4.90. The van der Waals surface area contributed by atoms with Crippen LogP contribution in [-0.4, -0.2) is 26.6 Å². The number of carbonyl (C=O) groups is 1. The molecule has 2 aromatic carbocycles. The summed E-state index contributed by atoms with van der Waals surface area (Å²) in [4.78, 5) is 26.4. The molecule has 1 heterocycles. The maximum absolute atomic E-state index is 14.0. The second-order valence-corrected chi connectivity index (χ2v) is 6.99. The van der Waals surface area contributed by atoms with Gasteiger partial charge in [-0.05, 0) is 31.0 Å². The highest BCUT2D eigenvalue weighted by Gasteiger charge is 2.32. The number of halogens is 2. The summed E-state index contributed by atoms with van der Waals surface area (Å²) in [5.74, 6) is -1.40. The third-order valence-electron chi connectivity index (χ3n) is 4.96. The van der Waals surface area contributed by atoms with E-state index in [0.717, 1.165) is 18.9 Å². The van der Waals surface area contributed by atoms with E-state index in [2.05, 4.69) is 5.10 Å². The topological polar surface area (TPSA) is 55.2 Å². The van der Waals surface area contributed by atoms with Gasteiger partial charge < -0.3 is 4.90 Å². The van der Waals surface area contributed by atoms with Gasteiger partial charge in [-0.15, -0.1) is 0 Å². The summed E-state index contributed by atoms with van der Waals surface area (Å²) in [7, 11) is 0. The van der Waals surface area contributed by atoms with Gasteiger partial charge in [-0.1, -0.05) is 18.2 Å². The Morgan fingerprint density at radius 1 is 1.18 bits per heavy atom. The number of rotatable bonds is 6. The molecule has 0 atom stereocenters. The average molecular weight is 383 g/mol. The standard InChI is InChI=1S/C21H19F2N3O2/c22-15-6-5-14(18(23)11-15)13-25(16-7-8-16)21(28)9-10-26-19-4-2-1-3-17(19)20(27)12-24-26/h1-6,11-12,16H,7-10,13H2. The number of benzene rings is 2. The van der Waals surface area contributed by atoms with Crippen LogP contribution in [0.3, 0.4) is 0 Å². The van der Waals surface area contributed by atoms with E-state index in [-0.39, 0.29) is 30.3 Å². The fourth-order valence-electron chi connectivity index (χ4n) is 3.32. The van der Waals surface area contributed by atoms with E-state index >= 15 is 0 Å². The van der Waals surface area contributed by atoms with Crippen molar-refractivity contribution >= 4 is 16.8 Å². The third-order valence-corrected chi connectivity index (χ3v) is 4.96. The van der Waals surface area contributed by atoms with Crippen molar-refractivity contribution in [3.8, 4) is 0 Å². The Bertz CT molecular complexity index is 1090. The van der Waals surface area contributed by atoms with Gasteiger partial charge in [-0.25, -0.2) is 8.78 Å². The SMILES string of the molecule is O=C(CCn1ncc(=O)c2ccccc21)N(Cc1ccc(F)cc1F)C1CC1. The summed E-state index contributed by atoms with van der Waals surface area (Å²) >= 11 is 0. The highest BCUT2D eigenvalue weighted by molar-refractivity contribution is 5.79. The van der Waals surface area contributed by atoms with Gasteiger partial charge in [0.1, 0.15) is 11.6 Å². The first-order valence-electron chi connectivity index (χ1n) is 9.21. The maximum atomic E-state index is 14.0. The first-order chi connectivity index (χ1) is 13.5. The van der Waals surface area contributed by atoms with Gasteiger partial charge in [0.2, 0.25) is 11.3 Å². The second-order valence-electron chi connectivity index (χ2n) is 6.99. The fraction of sp³-hybridized carbons (Fsp3) is 0.286. The number of carbonyl (C=O) groups excluding carboxylic acids is 1. The largest absolute Gasteiger partial charge is 0.335 e. The molecule has 0 saturated heterocycles.